The number of hydrogen-bond donors (Lipinski definition) is 2. The van der Waals surface area contributed by atoms with Crippen molar-refractivity contribution >= 4 is 5.91 Å². The minimum absolute atomic E-state index is 0.0730. The predicted octanol–water partition coefficient (Wildman–Crippen LogP) is 0.164. The molecule has 0 radical (unpaired) electrons. The quantitative estimate of drug-likeness (QED) is 0.762. The summed E-state index contributed by atoms with van der Waals surface area (Å²) in [6.45, 7) is 2.29. The Morgan fingerprint density at radius 3 is 2.94 bits per heavy atom. The van der Waals surface area contributed by atoms with Gasteiger partial charge in [0.2, 0.25) is 5.91 Å². The molecular formula is C11H18N4O. The van der Waals surface area contributed by atoms with Crippen LogP contribution in [0.4, 0.5) is 0 Å². The topological polar surface area (TPSA) is 72.9 Å². The predicted molar refractivity (Wildman–Crippen MR) is 60.4 cm³/mol. The number of amides is 1. The molecule has 1 saturated carbocycles. The van der Waals surface area contributed by atoms with Gasteiger partial charge in [-0.3, -0.25) is 9.48 Å². The van der Waals surface area contributed by atoms with Gasteiger partial charge in [-0.05, 0) is 31.7 Å². The highest BCUT2D eigenvalue weighted by Gasteiger charge is 2.43. The van der Waals surface area contributed by atoms with Crippen LogP contribution in [-0.2, 0) is 18.4 Å². The molecule has 5 heteroatoms. The SMILES string of the molecule is Cn1nccc1CNC(=O)C(C)(N)C1CC1. The molecule has 0 aliphatic heterocycles. The molecule has 1 unspecified atom stereocenters. The Hall–Kier alpha value is -1.36. The Morgan fingerprint density at radius 1 is 1.75 bits per heavy atom. The maximum Gasteiger partial charge on any atom is 0.240 e. The molecule has 1 aromatic rings. The van der Waals surface area contributed by atoms with Crippen molar-refractivity contribution in [1.29, 1.82) is 0 Å². The molecule has 1 heterocycles. The van der Waals surface area contributed by atoms with Gasteiger partial charge >= 0.3 is 0 Å². The molecule has 0 spiro atoms. The monoisotopic (exact) mass is 222 g/mol. The van der Waals surface area contributed by atoms with Gasteiger partial charge in [-0.25, -0.2) is 0 Å². The molecule has 5 nitrogen and oxygen atoms in total. The molecule has 1 aliphatic carbocycles. The highest BCUT2D eigenvalue weighted by atomic mass is 16.2. The van der Waals surface area contributed by atoms with E-state index >= 15 is 0 Å². The fourth-order valence-corrected chi connectivity index (χ4v) is 1.80. The van der Waals surface area contributed by atoms with E-state index in [2.05, 4.69) is 10.4 Å². The molecule has 0 bridgehead atoms. The zero-order valence-electron chi connectivity index (χ0n) is 9.73. The molecule has 1 amide bonds. The van der Waals surface area contributed by atoms with Crippen LogP contribution in [0, 0.1) is 5.92 Å². The number of aryl methyl sites for hydroxylation is 1. The number of nitrogens with one attached hydrogen (secondary N) is 1. The lowest BCUT2D eigenvalue weighted by Crippen LogP contribution is -2.53. The first-order chi connectivity index (χ1) is 7.51. The van der Waals surface area contributed by atoms with E-state index in [1.165, 1.54) is 0 Å². The summed E-state index contributed by atoms with van der Waals surface area (Å²) in [5.41, 5.74) is 6.26. The van der Waals surface area contributed by atoms with Gasteiger partial charge in [-0.15, -0.1) is 0 Å². The number of nitrogens with zero attached hydrogens (tertiary/aromatic N) is 2. The lowest BCUT2D eigenvalue weighted by atomic mass is 9.96. The summed E-state index contributed by atoms with van der Waals surface area (Å²) in [6.07, 6.45) is 3.84. The van der Waals surface area contributed by atoms with Crippen LogP contribution in [0.15, 0.2) is 12.3 Å². The maximum absolute atomic E-state index is 11.9. The van der Waals surface area contributed by atoms with E-state index in [1.807, 2.05) is 20.0 Å². The van der Waals surface area contributed by atoms with Crippen molar-refractivity contribution < 1.29 is 4.79 Å². The van der Waals surface area contributed by atoms with Crippen LogP contribution in [0.2, 0.25) is 0 Å². The summed E-state index contributed by atoms with van der Waals surface area (Å²) in [5.74, 6) is 0.273. The van der Waals surface area contributed by atoms with E-state index in [-0.39, 0.29) is 5.91 Å². The lowest BCUT2D eigenvalue weighted by Gasteiger charge is -2.23. The van der Waals surface area contributed by atoms with Gasteiger partial charge in [-0.1, -0.05) is 0 Å². The number of carbonyl (C=O) groups excluding carboxylic acids is 1. The van der Waals surface area contributed by atoms with E-state index in [9.17, 15) is 4.79 Å². The highest BCUT2D eigenvalue weighted by molar-refractivity contribution is 5.86. The summed E-state index contributed by atoms with van der Waals surface area (Å²) in [4.78, 5) is 11.9. The van der Waals surface area contributed by atoms with Gasteiger partial charge in [0.25, 0.3) is 0 Å². The fraction of sp³-hybridized carbons (Fsp3) is 0.636. The van der Waals surface area contributed by atoms with Crippen LogP contribution in [0.1, 0.15) is 25.5 Å². The van der Waals surface area contributed by atoms with Gasteiger partial charge in [-0.2, -0.15) is 5.10 Å². The zero-order valence-corrected chi connectivity index (χ0v) is 9.73. The molecule has 1 atom stereocenters. The van der Waals surface area contributed by atoms with Crippen LogP contribution in [0.3, 0.4) is 0 Å². The van der Waals surface area contributed by atoms with Crippen LogP contribution in [0.25, 0.3) is 0 Å². The van der Waals surface area contributed by atoms with Crippen LogP contribution in [-0.4, -0.2) is 21.2 Å². The van der Waals surface area contributed by atoms with Crippen molar-refractivity contribution in [2.75, 3.05) is 0 Å². The molecule has 88 valence electrons. The van der Waals surface area contributed by atoms with Crippen molar-refractivity contribution in [3.05, 3.63) is 18.0 Å². The Morgan fingerprint density at radius 2 is 2.44 bits per heavy atom. The summed E-state index contributed by atoms with van der Waals surface area (Å²) >= 11 is 0. The van der Waals surface area contributed by atoms with Crippen LogP contribution in [0.5, 0.6) is 0 Å². The smallest absolute Gasteiger partial charge is 0.240 e. The Bertz CT molecular complexity index is 392. The lowest BCUT2D eigenvalue weighted by molar-refractivity contribution is -0.126. The van der Waals surface area contributed by atoms with Crippen molar-refractivity contribution in [1.82, 2.24) is 15.1 Å². The van der Waals surface area contributed by atoms with Crippen LogP contribution < -0.4 is 11.1 Å². The molecule has 1 aliphatic rings. The molecular weight excluding hydrogens is 204 g/mol. The van der Waals surface area contributed by atoms with E-state index in [0.29, 0.717) is 12.5 Å². The maximum atomic E-state index is 11.9. The standard InChI is InChI=1S/C11H18N4O/c1-11(12,8-3-4-8)10(16)13-7-9-5-6-14-15(9)2/h5-6,8H,3-4,7,12H2,1-2H3,(H,13,16). The second-order valence-electron chi connectivity index (χ2n) is 4.69. The zero-order chi connectivity index (χ0) is 11.8. The summed E-state index contributed by atoms with van der Waals surface area (Å²) in [7, 11) is 1.85. The van der Waals surface area contributed by atoms with Crippen LogP contribution >= 0.6 is 0 Å². The number of nitrogens with two attached hydrogens (primary N) is 1. The van der Waals surface area contributed by atoms with Gasteiger partial charge < -0.3 is 11.1 Å². The first-order valence-corrected chi connectivity index (χ1v) is 5.56. The minimum atomic E-state index is -0.724. The van der Waals surface area contributed by atoms with Crippen molar-refractivity contribution in [3.63, 3.8) is 0 Å². The van der Waals surface area contributed by atoms with Gasteiger partial charge in [0.15, 0.2) is 0 Å². The first-order valence-electron chi connectivity index (χ1n) is 5.56. The second-order valence-corrected chi connectivity index (χ2v) is 4.69. The third-order valence-corrected chi connectivity index (χ3v) is 3.27. The number of rotatable bonds is 4. The average Bonchev–Trinajstić information content (AvgIpc) is 3.01. The molecule has 3 N–H and O–H groups in total. The molecule has 1 aromatic heterocycles. The second kappa shape index (κ2) is 3.90. The van der Waals surface area contributed by atoms with Gasteiger partial charge in [0, 0.05) is 13.2 Å². The van der Waals surface area contributed by atoms with Gasteiger partial charge in [0.05, 0.1) is 17.8 Å². The molecule has 0 aromatic carbocycles. The molecule has 0 saturated heterocycles. The first kappa shape index (κ1) is 11.1. The Labute approximate surface area is 95.0 Å². The largest absolute Gasteiger partial charge is 0.349 e. The van der Waals surface area contributed by atoms with Crippen molar-refractivity contribution in [2.24, 2.45) is 18.7 Å². The number of aromatic nitrogens is 2. The number of carbonyl (C=O) groups is 1. The molecule has 16 heavy (non-hydrogen) atoms. The minimum Gasteiger partial charge on any atom is -0.349 e. The highest BCUT2D eigenvalue weighted by Crippen LogP contribution is 2.38. The summed E-state index contributed by atoms with van der Waals surface area (Å²) < 4.78 is 1.74. The van der Waals surface area contributed by atoms with Crippen molar-refractivity contribution in [3.8, 4) is 0 Å². The van der Waals surface area contributed by atoms with E-state index in [4.69, 9.17) is 5.73 Å². The van der Waals surface area contributed by atoms with E-state index < -0.39 is 5.54 Å². The third kappa shape index (κ3) is 2.09. The van der Waals surface area contributed by atoms with Gasteiger partial charge in [0.1, 0.15) is 0 Å². The van der Waals surface area contributed by atoms with E-state index in [0.717, 1.165) is 18.5 Å². The Balaban J connectivity index is 1.91. The number of hydrogen-bond acceptors (Lipinski definition) is 3. The summed E-state index contributed by atoms with van der Waals surface area (Å²) in [6, 6.07) is 1.88. The molecule has 1 fully saturated rings. The Kier molecular flexibility index (Phi) is 2.71. The fourth-order valence-electron chi connectivity index (χ4n) is 1.80. The van der Waals surface area contributed by atoms with E-state index in [1.54, 1.807) is 10.9 Å². The average molecular weight is 222 g/mol. The summed E-state index contributed by atoms with van der Waals surface area (Å²) in [5, 5.41) is 6.90. The van der Waals surface area contributed by atoms with Crippen molar-refractivity contribution in [2.45, 2.75) is 31.8 Å². The third-order valence-electron chi connectivity index (χ3n) is 3.27. The normalized spacial score (nSPS) is 19.2. The molecule has 2 rings (SSSR count).